The SMILES string of the molecule is CC1(C)CCC(C)(C)c2cc(C(=O)Nc3ccc(C(F)(F)C(=O)O)cc3)ccc21. The molecule has 1 aliphatic rings. The molecule has 0 fully saturated rings. The maximum atomic E-state index is 13.5. The Labute approximate surface area is 168 Å². The van der Waals surface area contributed by atoms with Crippen LogP contribution in [-0.4, -0.2) is 17.0 Å². The lowest BCUT2D eigenvalue weighted by Crippen LogP contribution is -2.34. The monoisotopic (exact) mass is 401 g/mol. The van der Waals surface area contributed by atoms with Crippen molar-refractivity contribution >= 4 is 17.6 Å². The lowest BCUT2D eigenvalue weighted by Gasteiger charge is -2.42. The molecule has 0 aliphatic heterocycles. The van der Waals surface area contributed by atoms with Gasteiger partial charge >= 0.3 is 11.9 Å². The molecule has 0 aromatic heterocycles. The third-order valence-electron chi connectivity index (χ3n) is 5.89. The molecule has 2 aromatic carbocycles. The molecule has 0 atom stereocenters. The highest BCUT2D eigenvalue weighted by Gasteiger charge is 2.41. The number of hydrogen-bond acceptors (Lipinski definition) is 2. The van der Waals surface area contributed by atoms with Gasteiger partial charge in [0.25, 0.3) is 5.91 Å². The fourth-order valence-electron chi connectivity index (χ4n) is 3.82. The number of carboxylic acid groups (broad SMARTS) is 1. The van der Waals surface area contributed by atoms with Crippen molar-refractivity contribution in [2.24, 2.45) is 0 Å². The predicted octanol–water partition coefficient (Wildman–Crippen LogP) is 5.46. The Bertz CT molecular complexity index is 963. The van der Waals surface area contributed by atoms with Gasteiger partial charge in [-0.05, 0) is 59.1 Å². The zero-order chi connectivity index (χ0) is 21.6. The number of rotatable bonds is 4. The third-order valence-corrected chi connectivity index (χ3v) is 5.89. The fraction of sp³-hybridized carbons (Fsp3) is 0.391. The van der Waals surface area contributed by atoms with Crippen molar-refractivity contribution < 1.29 is 23.5 Å². The van der Waals surface area contributed by atoms with Gasteiger partial charge in [0, 0.05) is 16.8 Å². The van der Waals surface area contributed by atoms with Crippen molar-refractivity contribution in [2.75, 3.05) is 5.32 Å². The number of carbonyl (C=O) groups excluding carboxylic acids is 1. The Balaban J connectivity index is 1.84. The lowest BCUT2D eigenvalue weighted by molar-refractivity contribution is -0.166. The molecule has 154 valence electrons. The van der Waals surface area contributed by atoms with Gasteiger partial charge in [-0.25, -0.2) is 4.79 Å². The van der Waals surface area contributed by atoms with Gasteiger partial charge in [0.05, 0.1) is 0 Å². The highest BCUT2D eigenvalue weighted by atomic mass is 19.3. The molecule has 2 aromatic rings. The number of hydrogen-bond donors (Lipinski definition) is 2. The first-order valence-corrected chi connectivity index (χ1v) is 9.53. The molecule has 0 heterocycles. The minimum Gasteiger partial charge on any atom is -0.477 e. The number of nitrogens with one attached hydrogen (secondary N) is 1. The van der Waals surface area contributed by atoms with E-state index in [4.69, 9.17) is 5.11 Å². The molecular weight excluding hydrogens is 376 g/mol. The minimum atomic E-state index is -3.97. The number of alkyl halides is 2. The Morgan fingerprint density at radius 3 is 2.03 bits per heavy atom. The molecule has 1 amide bonds. The standard InChI is InChI=1S/C23H25F2NO3/c1-21(2)11-12-22(3,4)18-13-14(5-10-17(18)21)19(27)26-16-8-6-15(7-9-16)23(24,25)20(28)29/h5-10,13H,11-12H2,1-4H3,(H,26,27)(H,28,29). The molecule has 3 rings (SSSR count). The van der Waals surface area contributed by atoms with E-state index in [1.54, 1.807) is 6.07 Å². The molecule has 4 nitrogen and oxygen atoms in total. The molecule has 0 spiro atoms. The summed E-state index contributed by atoms with van der Waals surface area (Å²) in [6, 6.07) is 10.2. The number of carbonyl (C=O) groups is 2. The van der Waals surface area contributed by atoms with Gasteiger partial charge in [-0.15, -0.1) is 0 Å². The number of fused-ring (bicyclic) bond motifs is 1. The Kier molecular flexibility index (Phi) is 5.01. The van der Waals surface area contributed by atoms with E-state index in [0.717, 1.165) is 30.5 Å². The Morgan fingerprint density at radius 2 is 1.48 bits per heavy atom. The summed E-state index contributed by atoms with van der Waals surface area (Å²) in [5, 5.41) is 11.3. The number of halogens is 2. The van der Waals surface area contributed by atoms with Crippen LogP contribution >= 0.6 is 0 Å². The van der Waals surface area contributed by atoms with E-state index in [0.29, 0.717) is 11.3 Å². The van der Waals surface area contributed by atoms with Crippen molar-refractivity contribution in [3.8, 4) is 0 Å². The average molecular weight is 401 g/mol. The first kappa shape index (κ1) is 21.0. The summed E-state index contributed by atoms with van der Waals surface area (Å²) in [4.78, 5) is 23.4. The summed E-state index contributed by atoms with van der Waals surface area (Å²) in [6.07, 6.45) is 2.10. The van der Waals surface area contributed by atoms with Crippen LogP contribution in [0.25, 0.3) is 0 Å². The molecule has 0 saturated heterocycles. The van der Waals surface area contributed by atoms with Crippen LogP contribution in [0.2, 0.25) is 0 Å². The van der Waals surface area contributed by atoms with Gasteiger partial charge in [0.2, 0.25) is 0 Å². The summed E-state index contributed by atoms with van der Waals surface area (Å²) in [7, 11) is 0. The second-order valence-corrected chi connectivity index (χ2v) is 8.94. The van der Waals surface area contributed by atoms with E-state index in [1.165, 1.54) is 17.7 Å². The summed E-state index contributed by atoms with van der Waals surface area (Å²) >= 11 is 0. The van der Waals surface area contributed by atoms with E-state index in [2.05, 4.69) is 33.0 Å². The topological polar surface area (TPSA) is 66.4 Å². The van der Waals surface area contributed by atoms with Gasteiger partial charge in [-0.3, -0.25) is 4.79 Å². The maximum Gasteiger partial charge on any atom is 0.379 e. The highest BCUT2D eigenvalue weighted by molar-refractivity contribution is 6.04. The summed E-state index contributed by atoms with van der Waals surface area (Å²) in [5.74, 6) is -6.53. The van der Waals surface area contributed by atoms with Gasteiger partial charge in [-0.1, -0.05) is 45.9 Å². The van der Waals surface area contributed by atoms with Crippen molar-refractivity contribution in [3.05, 3.63) is 64.7 Å². The van der Waals surface area contributed by atoms with Crippen LogP contribution in [0.5, 0.6) is 0 Å². The van der Waals surface area contributed by atoms with Gasteiger partial charge < -0.3 is 10.4 Å². The molecule has 0 saturated carbocycles. The normalized spacial score (nSPS) is 17.3. The maximum absolute atomic E-state index is 13.5. The molecule has 2 N–H and O–H groups in total. The number of aliphatic carboxylic acids is 1. The van der Waals surface area contributed by atoms with Crippen LogP contribution in [0, 0.1) is 0 Å². The zero-order valence-electron chi connectivity index (χ0n) is 17.0. The van der Waals surface area contributed by atoms with Crippen molar-refractivity contribution in [3.63, 3.8) is 0 Å². The largest absolute Gasteiger partial charge is 0.477 e. The number of benzene rings is 2. The molecule has 0 unspecified atom stereocenters. The van der Waals surface area contributed by atoms with Crippen LogP contribution in [0.1, 0.15) is 67.6 Å². The molecular formula is C23H25F2NO3. The van der Waals surface area contributed by atoms with Crippen LogP contribution in [0.3, 0.4) is 0 Å². The quantitative estimate of drug-likeness (QED) is 0.714. The van der Waals surface area contributed by atoms with Crippen LogP contribution in [0.15, 0.2) is 42.5 Å². The van der Waals surface area contributed by atoms with Crippen molar-refractivity contribution in [2.45, 2.75) is 57.3 Å². The van der Waals surface area contributed by atoms with E-state index in [9.17, 15) is 18.4 Å². The number of anilines is 1. The van der Waals surface area contributed by atoms with Crippen LogP contribution in [-0.2, 0) is 21.5 Å². The second kappa shape index (κ2) is 6.94. The molecule has 1 aliphatic carbocycles. The summed E-state index contributed by atoms with van der Waals surface area (Å²) in [6.45, 7) is 8.75. The van der Waals surface area contributed by atoms with Crippen LogP contribution in [0.4, 0.5) is 14.5 Å². The van der Waals surface area contributed by atoms with Gasteiger partial charge in [0.1, 0.15) is 0 Å². The first-order valence-electron chi connectivity index (χ1n) is 9.53. The molecule has 6 heteroatoms. The fourth-order valence-corrected chi connectivity index (χ4v) is 3.82. The van der Waals surface area contributed by atoms with Gasteiger partial charge in [0.15, 0.2) is 0 Å². The Morgan fingerprint density at radius 1 is 0.931 bits per heavy atom. The van der Waals surface area contributed by atoms with Crippen LogP contribution < -0.4 is 5.32 Å². The van der Waals surface area contributed by atoms with Crippen molar-refractivity contribution in [1.82, 2.24) is 0 Å². The smallest absolute Gasteiger partial charge is 0.379 e. The second-order valence-electron chi connectivity index (χ2n) is 8.94. The molecule has 29 heavy (non-hydrogen) atoms. The first-order chi connectivity index (χ1) is 13.3. The third kappa shape index (κ3) is 3.88. The zero-order valence-corrected chi connectivity index (χ0v) is 17.0. The van der Waals surface area contributed by atoms with E-state index in [1.807, 2.05) is 12.1 Å². The van der Waals surface area contributed by atoms with E-state index in [-0.39, 0.29) is 16.7 Å². The number of amides is 1. The highest BCUT2D eigenvalue weighted by Crippen LogP contribution is 2.45. The lowest BCUT2D eigenvalue weighted by atomic mass is 9.63. The molecule has 0 bridgehead atoms. The van der Waals surface area contributed by atoms with E-state index >= 15 is 0 Å². The average Bonchev–Trinajstić information content (AvgIpc) is 2.65. The summed E-state index contributed by atoms with van der Waals surface area (Å²) < 4.78 is 27.1. The minimum absolute atomic E-state index is 0.0365. The summed E-state index contributed by atoms with van der Waals surface area (Å²) in [5.41, 5.74) is 2.58. The van der Waals surface area contributed by atoms with E-state index < -0.39 is 17.5 Å². The predicted molar refractivity (Wildman–Crippen MR) is 108 cm³/mol. The van der Waals surface area contributed by atoms with Crippen molar-refractivity contribution in [1.29, 1.82) is 0 Å². The van der Waals surface area contributed by atoms with Gasteiger partial charge in [-0.2, -0.15) is 8.78 Å². The number of carboxylic acids is 1. The Hall–Kier alpha value is -2.76. The molecule has 0 radical (unpaired) electrons.